The summed E-state index contributed by atoms with van der Waals surface area (Å²) >= 11 is 0. The number of nitrogens with two attached hydrogens (primary N) is 1. The second kappa shape index (κ2) is 10.1. The van der Waals surface area contributed by atoms with Crippen LogP contribution in [0.4, 0.5) is 11.8 Å². The van der Waals surface area contributed by atoms with Crippen molar-refractivity contribution in [2.45, 2.75) is 6.92 Å². The van der Waals surface area contributed by atoms with Gasteiger partial charge in [-0.2, -0.15) is 4.98 Å². The van der Waals surface area contributed by atoms with Crippen LogP contribution in [0.25, 0.3) is 22.3 Å². The Kier molecular flexibility index (Phi) is 6.53. The lowest BCUT2D eigenvalue weighted by Gasteiger charge is -2.35. The quantitative estimate of drug-likeness (QED) is 0.444. The van der Waals surface area contributed by atoms with Crippen molar-refractivity contribution in [3.8, 4) is 22.8 Å². The summed E-state index contributed by atoms with van der Waals surface area (Å²) in [6.45, 7) is 4.35. The maximum Gasteiger partial charge on any atom is 0.260 e. The van der Waals surface area contributed by atoms with E-state index in [4.69, 9.17) is 20.2 Å². The fourth-order valence-electron chi connectivity index (χ4n) is 4.20. The number of hydrogen-bond donors (Lipinski definition) is 1. The predicted molar refractivity (Wildman–Crippen MR) is 139 cm³/mol. The maximum atomic E-state index is 12.7. The lowest BCUT2D eigenvalue weighted by Crippen LogP contribution is -2.50. The molecule has 2 N–H and O–H groups in total. The highest BCUT2D eigenvalue weighted by atomic mass is 16.5. The molecule has 1 fully saturated rings. The fourth-order valence-corrected chi connectivity index (χ4v) is 4.20. The Balaban J connectivity index is 1.28. The van der Waals surface area contributed by atoms with E-state index < -0.39 is 0 Å². The molecule has 1 aliphatic rings. The molecule has 0 bridgehead atoms. The van der Waals surface area contributed by atoms with Gasteiger partial charge in [-0.15, -0.1) is 0 Å². The first-order valence-corrected chi connectivity index (χ1v) is 11.8. The Bertz CT molecular complexity index is 1370. The zero-order chi connectivity index (χ0) is 25.1. The van der Waals surface area contributed by atoms with E-state index >= 15 is 0 Å². The molecular formula is C27H28N6O3. The molecule has 9 nitrogen and oxygen atoms in total. The standard InChI is InChI=1S/C27H28N6O3/c1-18-3-5-19(6-4-18)22-11-12-23-25(29-22)26(31-27(28)30-23)33-15-13-32(14-16-33)24(34)17-36-21-9-7-20(35-2)8-10-21/h3-12H,13-17H2,1-2H3,(H2,28,30,31). The minimum Gasteiger partial charge on any atom is -0.497 e. The van der Waals surface area contributed by atoms with Crippen LogP contribution < -0.4 is 20.1 Å². The van der Waals surface area contributed by atoms with Gasteiger partial charge in [0.1, 0.15) is 17.0 Å². The first kappa shape index (κ1) is 23.3. The number of benzene rings is 2. The Morgan fingerprint density at radius 2 is 1.58 bits per heavy atom. The summed E-state index contributed by atoms with van der Waals surface area (Å²) in [4.78, 5) is 30.4. The van der Waals surface area contributed by atoms with Crippen molar-refractivity contribution >= 4 is 28.7 Å². The average molecular weight is 485 g/mol. The average Bonchev–Trinajstić information content (AvgIpc) is 2.92. The summed E-state index contributed by atoms with van der Waals surface area (Å²) in [7, 11) is 1.61. The molecule has 184 valence electrons. The van der Waals surface area contributed by atoms with Crippen LogP contribution in [0, 0.1) is 6.92 Å². The number of pyridine rings is 1. The van der Waals surface area contributed by atoms with Crippen molar-refractivity contribution in [1.29, 1.82) is 0 Å². The van der Waals surface area contributed by atoms with Crippen LogP contribution in [-0.4, -0.2) is 65.7 Å². The molecule has 2 aromatic carbocycles. The van der Waals surface area contributed by atoms with Crippen molar-refractivity contribution < 1.29 is 14.3 Å². The van der Waals surface area contributed by atoms with Gasteiger partial charge in [-0.3, -0.25) is 4.79 Å². The van der Waals surface area contributed by atoms with Crippen molar-refractivity contribution in [2.24, 2.45) is 0 Å². The number of rotatable bonds is 6. The SMILES string of the molecule is COc1ccc(OCC(=O)N2CCN(c3nc(N)nc4ccc(-c5ccc(C)cc5)nc34)CC2)cc1. The molecule has 1 saturated heterocycles. The van der Waals surface area contributed by atoms with E-state index in [2.05, 4.69) is 46.1 Å². The van der Waals surface area contributed by atoms with E-state index in [1.807, 2.05) is 12.1 Å². The number of carbonyl (C=O) groups is 1. The largest absolute Gasteiger partial charge is 0.497 e. The lowest BCUT2D eigenvalue weighted by molar-refractivity contribution is -0.133. The summed E-state index contributed by atoms with van der Waals surface area (Å²) in [6.07, 6.45) is 0. The van der Waals surface area contributed by atoms with E-state index in [-0.39, 0.29) is 18.5 Å². The first-order chi connectivity index (χ1) is 17.5. The number of piperazine rings is 1. The van der Waals surface area contributed by atoms with Crippen molar-refractivity contribution in [3.63, 3.8) is 0 Å². The minimum absolute atomic E-state index is 0.0167. The number of methoxy groups -OCH3 is 1. The fraction of sp³-hybridized carbons (Fsp3) is 0.259. The third-order valence-corrected chi connectivity index (χ3v) is 6.24. The Labute approximate surface area is 209 Å². The molecule has 2 aromatic heterocycles. The Hall–Kier alpha value is -4.40. The van der Waals surface area contributed by atoms with Gasteiger partial charge in [0.15, 0.2) is 12.4 Å². The van der Waals surface area contributed by atoms with Gasteiger partial charge in [0.25, 0.3) is 5.91 Å². The van der Waals surface area contributed by atoms with E-state index in [9.17, 15) is 4.79 Å². The summed E-state index contributed by atoms with van der Waals surface area (Å²) < 4.78 is 10.8. The molecule has 0 atom stereocenters. The number of carbonyl (C=O) groups excluding carboxylic acids is 1. The highest BCUT2D eigenvalue weighted by Crippen LogP contribution is 2.28. The number of anilines is 2. The molecule has 36 heavy (non-hydrogen) atoms. The molecule has 5 rings (SSSR count). The second-order valence-corrected chi connectivity index (χ2v) is 8.67. The van der Waals surface area contributed by atoms with Crippen LogP contribution in [0.2, 0.25) is 0 Å². The Morgan fingerprint density at radius 3 is 2.28 bits per heavy atom. The topological polar surface area (TPSA) is 107 Å². The number of hydrogen-bond acceptors (Lipinski definition) is 8. The second-order valence-electron chi connectivity index (χ2n) is 8.67. The first-order valence-electron chi connectivity index (χ1n) is 11.8. The molecule has 4 aromatic rings. The van der Waals surface area contributed by atoms with E-state index in [1.54, 1.807) is 36.3 Å². The van der Waals surface area contributed by atoms with Gasteiger partial charge in [-0.05, 0) is 43.3 Å². The number of amides is 1. The van der Waals surface area contributed by atoms with Crippen LogP contribution in [0.15, 0.2) is 60.7 Å². The van der Waals surface area contributed by atoms with Gasteiger partial charge in [-0.1, -0.05) is 29.8 Å². The van der Waals surface area contributed by atoms with Crippen LogP contribution in [0.3, 0.4) is 0 Å². The summed E-state index contributed by atoms with van der Waals surface area (Å²) in [5, 5.41) is 0. The van der Waals surface area contributed by atoms with Crippen LogP contribution in [0.5, 0.6) is 11.5 Å². The number of ether oxygens (including phenoxy) is 2. The van der Waals surface area contributed by atoms with E-state index in [0.29, 0.717) is 48.8 Å². The predicted octanol–water partition coefficient (Wildman–Crippen LogP) is 3.32. The normalized spacial score (nSPS) is 13.6. The van der Waals surface area contributed by atoms with Crippen LogP contribution >= 0.6 is 0 Å². The van der Waals surface area contributed by atoms with Gasteiger partial charge in [0.05, 0.1) is 18.3 Å². The molecule has 0 radical (unpaired) electrons. The number of fused-ring (bicyclic) bond motifs is 1. The Morgan fingerprint density at radius 1 is 0.889 bits per heavy atom. The minimum atomic E-state index is -0.0580. The van der Waals surface area contributed by atoms with Crippen LogP contribution in [-0.2, 0) is 4.79 Å². The summed E-state index contributed by atoms with van der Waals surface area (Å²) in [5.41, 5.74) is 10.5. The highest BCUT2D eigenvalue weighted by Gasteiger charge is 2.24. The molecule has 1 amide bonds. The van der Waals surface area contributed by atoms with Gasteiger partial charge < -0.3 is 25.0 Å². The van der Waals surface area contributed by atoms with E-state index in [0.717, 1.165) is 17.0 Å². The van der Waals surface area contributed by atoms with Gasteiger partial charge in [0, 0.05) is 31.7 Å². The van der Waals surface area contributed by atoms with Gasteiger partial charge in [-0.25, -0.2) is 9.97 Å². The third kappa shape index (κ3) is 5.00. The summed E-state index contributed by atoms with van der Waals surface area (Å²) in [6, 6.07) is 19.3. The van der Waals surface area contributed by atoms with Gasteiger partial charge >= 0.3 is 0 Å². The molecule has 3 heterocycles. The zero-order valence-corrected chi connectivity index (χ0v) is 20.3. The zero-order valence-electron chi connectivity index (χ0n) is 20.3. The maximum absolute atomic E-state index is 12.7. The van der Waals surface area contributed by atoms with E-state index in [1.165, 1.54) is 5.56 Å². The molecule has 9 heteroatoms. The number of aryl methyl sites for hydroxylation is 1. The van der Waals surface area contributed by atoms with Crippen molar-refractivity contribution in [1.82, 2.24) is 19.9 Å². The summed E-state index contributed by atoms with van der Waals surface area (Å²) in [5.74, 6) is 2.20. The van der Waals surface area contributed by atoms with Crippen molar-refractivity contribution in [3.05, 3.63) is 66.2 Å². The molecule has 0 unspecified atom stereocenters. The number of nitrogen functional groups attached to an aromatic ring is 1. The molecular weight excluding hydrogens is 456 g/mol. The number of aromatic nitrogens is 3. The van der Waals surface area contributed by atoms with Gasteiger partial charge in [0.2, 0.25) is 5.95 Å². The molecule has 0 aliphatic carbocycles. The third-order valence-electron chi connectivity index (χ3n) is 6.24. The van der Waals surface area contributed by atoms with Crippen LogP contribution in [0.1, 0.15) is 5.56 Å². The molecule has 0 spiro atoms. The molecule has 0 saturated carbocycles. The molecule has 1 aliphatic heterocycles. The number of nitrogens with zero attached hydrogens (tertiary/aromatic N) is 5. The van der Waals surface area contributed by atoms with Crippen molar-refractivity contribution in [2.75, 3.05) is 50.5 Å². The lowest BCUT2D eigenvalue weighted by atomic mass is 10.1. The smallest absolute Gasteiger partial charge is 0.260 e. The highest BCUT2D eigenvalue weighted by molar-refractivity contribution is 5.89. The monoisotopic (exact) mass is 484 g/mol.